The van der Waals surface area contributed by atoms with E-state index in [-0.39, 0.29) is 5.92 Å². The third-order valence-electron chi connectivity index (χ3n) is 2.93. The van der Waals surface area contributed by atoms with Gasteiger partial charge in [0.15, 0.2) is 0 Å². The van der Waals surface area contributed by atoms with Crippen LogP contribution >= 0.6 is 11.6 Å². The topological polar surface area (TPSA) is 38.7 Å². The van der Waals surface area contributed by atoms with Crippen molar-refractivity contribution in [2.24, 2.45) is 5.92 Å². The Labute approximate surface area is 99.9 Å². The maximum Gasteiger partial charge on any atom is 0.137 e. The molecule has 16 heavy (non-hydrogen) atoms. The van der Waals surface area contributed by atoms with Gasteiger partial charge in [0.25, 0.3) is 0 Å². The number of halogens is 1. The first-order valence-corrected chi connectivity index (χ1v) is 5.69. The Morgan fingerprint density at radius 2 is 2.38 bits per heavy atom. The normalized spacial score (nSPS) is 22.1. The fourth-order valence-corrected chi connectivity index (χ4v) is 2.21. The molecule has 2 rings (SSSR count). The van der Waals surface area contributed by atoms with Gasteiger partial charge in [-0.25, -0.2) is 0 Å². The molecule has 2 atom stereocenters. The van der Waals surface area contributed by atoms with Crippen molar-refractivity contribution in [3.8, 4) is 5.75 Å². The molecule has 0 amide bonds. The van der Waals surface area contributed by atoms with Gasteiger partial charge >= 0.3 is 0 Å². The second-order valence-corrected chi connectivity index (χ2v) is 4.37. The summed E-state index contributed by atoms with van der Waals surface area (Å²) in [5, 5.41) is 10.7. The highest BCUT2D eigenvalue weighted by Crippen LogP contribution is 2.33. The molecular formula is C12H15ClO3. The molecule has 4 heteroatoms. The molecule has 1 fully saturated rings. The molecule has 0 spiro atoms. The van der Waals surface area contributed by atoms with E-state index < -0.39 is 6.10 Å². The molecule has 0 aliphatic carbocycles. The Bertz CT molecular complexity index is 361. The van der Waals surface area contributed by atoms with E-state index in [4.69, 9.17) is 21.1 Å². The zero-order valence-corrected chi connectivity index (χ0v) is 9.91. The van der Waals surface area contributed by atoms with Crippen LogP contribution in [0.25, 0.3) is 0 Å². The number of aliphatic hydroxyl groups excluding tert-OH is 1. The Morgan fingerprint density at radius 3 is 2.94 bits per heavy atom. The summed E-state index contributed by atoms with van der Waals surface area (Å²) in [5.41, 5.74) is 0.821. The van der Waals surface area contributed by atoms with Crippen LogP contribution in [0, 0.1) is 5.92 Å². The molecular weight excluding hydrogens is 228 g/mol. The number of benzene rings is 1. The van der Waals surface area contributed by atoms with Crippen molar-refractivity contribution >= 4 is 11.6 Å². The zero-order chi connectivity index (χ0) is 11.5. The minimum Gasteiger partial charge on any atom is -0.495 e. The van der Waals surface area contributed by atoms with Crippen molar-refractivity contribution in [3.63, 3.8) is 0 Å². The largest absolute Gasteiger partial charge is 0.495 e. The summed E-state index contributed by atoms with van der Waals surface area (Å²) in [7, 11) is 1.57. The number of methoxy groups -OCH3 is 1. The Kier molecular flexibility index (Phi) is 3.69. The van der Waals surface area contributed by atoms with E-state index >= 15 is 0 Å². The van der Waals surface area contributed by atoms with Crippen LogP contribution in [0.1, 0.15) is 18.1 Å². The minimum absolute atomic E-state index is 0.171. The molecule has 0 aromatic heterocycles. The first kappa shape index (κ1) is 11.7. The summed E-state index contributed by atoms with van der Waals surface area (Å²) in [6.45, 7) is 1.34. The van der Waals surface area contributed by atoms with Gasteiger partial charge in [-0.05, 0) is 24.1 Å². The highest BCUT2D eigenvalue weighted by atomic mass is 35.5. The van der Waals surface area contributed by atoms with Gasteiger partial charge < -0.3 is 14.6 Å². The van der Waals surface area contributed by atoms with E-state index in [2.05, 4.69) is 0 Å². The Balaban J connectivity index is 2.16. The molecule has 1 aromatic carbocycles. The quantitative estimate of drug-likeness (QED) is 0.885. The van der Waals surface area contributed by atoms with Gasteiger partial charge in [-0.1, -0.05) is 17.7 Å². The maximum atomic E-state index is 10.1. The monoisotopic (exact) mass is 242 g/mol. The second kappa shape index (κ2) is 5.04. The predicted octanol–water partition coefficient (Wildman–Crippen LogP) is 2.42. The van der Waals surface area contributed by atoms with Crippen LogP contribution in [0.5, 0.6) is 5.75 Å². The Morgan fingerprint density at radius 1 is 1.56 bits per heavy atom. The van der Waals surface area contributed by atoms with E-state index in [1.54, 1.807) is 19.2 Å². The molecule has 1 aliphatic heterocycles. The van der Waals surface area contributed by atoms with Gasteiger partial charge in [-0.3, -0.25) is 0 Å². The lowest BCUT2D eigenvalue weighted by Gasteiger charge is -2.17. The van der Waals surface area contributed by atoms with Crippen LogP contribution in [-0.4, -0.2) is 25.4 Å². The van der Waals surface area contributed by atoms with Crippen molar-refractivity contribution in [2.75, 3.05) is 20.3 Å². The lowest BCUT2D eigenvalue weighted by Crippen LogP contribution is -2.12. The average Bonchev–Trinajstić information content (AvgIpc) is 2.81. The smallest absolute Gasteiger partial charge is 0.137 e. The van der Waals surface area contributed by atoms with Crippen molar-refractivity contribution < 1.29 is 14.6 Å². The van der Waals surface area contributed by atoms with E-state index in [9.17, 15) is 5.11 Å². The van der Waals surface area contributed by atoms with Gasteiger partial charge in [-0.2, -0.15) is 0 Å². The summed E-state index contributed by atoms with van der Waals surface area (Å²) < 4.78 is 10.3. The van der Waals surface area contributed by atoms with Gasteiger partial charge in [0.2, 0.25) is 0 Å². The van der Waals surface area contributed by atoms with Gasteiger partial charge in [0.05, 0.1) is 24.8 Å². The number of ether oxygens (including phenoxy) is 2. The van der Waals surface area contributed by atoms with Crippen molar-refractivity contribution in [1.82, 2.24) is 0 Å². The zero-order valence-electron chi connectivity index (χ0n) is 9.15. The molecule has 88 valence electrons. The molecule has 2 unspecified atom stereocenters. The predicted molar refractivity (Wildman–Crippen MR) is 61.9 cm³/mol. The third-order valence-corrected chi connectivity index (χ3v) is 3.22. The van der Waals surface area contributed by atoms with Crippen LogP contribution in [0.4, 0.5) is 0 Å². The van der Waals surface area contributed by atoms with Crippen molar-refractivity contribution in [1.29, 1.82) is 0 Å². The van der Waals surface area contributed by atoms with Crippen LogP contribution < -0.4 is 4.74 Å². The highest BCUT2D eigenvalue weighted by Gasteiger charge is 2.25. The first-order chi connectivity index (χ1) is 7.72. The van der Waals surface area contributed by atoms with Gasteiger partial charge in [0, 0.05) is 12.5 Å². The van der Waals surface area contributed by atoms with Crippen molar-refractivity contribution in [3.05, 3.63) is 28.8 Å². The summed E-state index contributed by atoms with van der Waals surface area (Å²) in [6.07, 6.45) is 0.385. The SMILES string of the molecule is COc1ccc(C(O)C2CCOC2)cc1Cl. The average molecular weight is 243 g/mol. The highest BCUT2D eigenvalue weighted by molar-refractivity contribution is 6.32. The lowest BCUT2D eigenvalue weighted by molar-refractivity contribution is 0.0918. The molecule has 1 aromatic rings. The molecule has 0 radical (unpaired) electrons. The molecule has 1 heterocycles. The Hall–Kier alpha value is -0.770. The van der Waals surface area contributed by atoms with Crippen LogP contribution in [-0.2, 0) is 4.74 Å². The summed E-state index contributed by atoms with van der Waals surface area (Å²) in [6, 6.07) is 5.37. The van der Waals surface area contributed by atoms with E-state index in [1.165, 1.54) is 0 Å². The third kappa shape index (κ3) is 2.32. The maximum absolute atomic E-state index is 10.1. The summed E-state index contributed by atoms with van der Waals surface area (Å²) in [5.74, 6) is 0.796. The van der Waals surface area contributed by atoms with Gasteiger partial charge in [-0.15, -0.1) is 0 Å². The fraction of sp³-hybridized carbons (Fsp3) is 0.500. The second-order valence-electron chi connectivity index (χ2n) is 3.96. The first-order valence-electron chi connectivity index (χ1n) is 5.31. The molecule has 0 saturated carbocycles. The number of rotatable bonds is 3. The van der Waals surface area contributed by atoms with Gasteiger partial charge in [0.1, 0.15) is 5.75 Å². The van der Waals surface area contributed by atoms with Crippen LogP contribution in [0.2, 0.25) is 5.02 Å². The fourth-order valence-electron chi connectivity index (χ4n) is 1.94. The summed E-state index contributed by atoms with van der Waals surface area (Å²) in [4.78, 5) is 0. The van der Waals surface area contributed by atoms with Crippen LogP contribution in [0.15, 0.2) is 18.2 Å². The van der Waals surface area contributed by atoms with E-state index in [0.717, 1.165) is 18.6 Å². The number of aliphatic hydroxyl groups is 1. The summed E-state index contributed by atoms with van der Waals surface area (Å²) >= 11 is 6.01. The van der Waals surface area contributed by atoms with E-state index in [0.29, 0.717) is 17.4 Å². The molecule has 1 N–H and O–H groups in total. The number of hydrogen-bond acceptors (Lipinski definition) is 3. The van der Waals surface area contributed by atoms with Crippen molar-refractivity contribution in [2.45, 2.75) is 12.5 Å². The molecule has 1 aliphatic rings. The molecule has 3 nitrogen and oxygen atoms in total. The van der Waals surface area contributed by atoms with E-state index in [1.807, 2.05) is 6.07 Å². The molecule has 1 saturated heterocycles. The van der Waals surface area contributed by atoms with Crippen LogP contribution in [0.3, 0.4) is 0 Å². The minimum atomic E-state index is -0.508. The molecule has 0 bridgehead atoms. The number of hydrogen-bond donors (Lipinski definition) is 1. The standard InChI is InChI=1S/C12H15ClO3/c1-15-11-3-2-8(6-10(11)13)12(14)9-4-5-16-7-9/h2-3,6,9,12,14H,4-5,7H2,1H3. The lowest BCUT2D eigenvalue weighted by atomic mass is 9.95.